The molecule has 16 heavy (non-hydrogen) atoms. The van der Waals surface area contributed by atoms with Crippen molar-refractivity contribution >= 4 is 0 Å². The van der Waals surface area contributed by atoms with E-state index in [9.17, 15) is 18.3 Å². The zero-order chi connectivity index (χ0) is 12.3. The van der Waals surface area contributed by atoms with E-state index in [0.717, 1.165) is 5.56 Å². The van der Waals surface area contributed by atoms with Gasteiger partial charge in [-0.15, -0.1) is 0 Å². The number of alkyl halides is 3. The molecule has 2 nitrogen and oxygen atoms in total. The molecule has 1 aromatic carbocycles. The van der Waals surface area contributed by atoms with E-state index in [0.29, 0.717) is 5.56 Å². The fourth-order valence-electron chi connectivity index (χ4n) is 1.46. The first-order valence-electron chi connectivity index (χ1n) is 4.88. The Morgan fingerprint density at radius 1 is 1.31 bits per heavy atom. The molecule has 0 unspecified atom stereocenters. The first-order valence-corrected chi connectivity index (χ1v) is 4.88. The molecule has 0 fully saturated rings. The molecule has 0 aliphatic carbocycles. The summed E-state index contributed by atoms with van der Waals surface area (Å²) in [6.45, 7) is 1.73. The molecule has 0 saturated carbocycles. The van der Waals surface area contributed by atoms with Crippen LogP contribution in [-0.2, 0) is 0 Å². The van der Waals surface area contributed by atoms with E-state index >= 15 is 0 Å². The van der Waals surface area contributed by atoms with E-state index in [-0.39, 0.29) is 0 Å². The molecule has 0 heterocycles. The Morgan fingerprint density at radius 2 is 1.88 bits per heavy atom. The monoisotopic (exact) mass is 233 g/mol. The summed E-state index contributed by atoms with van der Waals surface area (Å²) in [6.07, 6.45) is -6.17. The molecular formula is C11H14F3NO. The molecule has 0 spiro atoms. The second-order valence-corrected chi connectivity index (χ2v) is 3.76. The van der Waals surface area contributed by atoms with Crippen LogP contribution in [0.3, 0.4) is 0 Å². The number of aliphatic hydroxyl groups is 1. The fourth-order valence-corrected chi connectivity index (χ4v) is 1.46. The first kappa shape index (κ1) is 13.0. The maximum Gasteiger partial charge on any atom is 0.403 e. The van der Waals surface area contributed by atoms with Gasteiger partial charge in [-0.1, -0.05) is 24.3 Å². The number of hydrogen-bond acceptors (Lipinski definition) is 2. The molecule has 0 saturated heterocycles. The average molecular weight is 233 g/mol. The molecule has 0 aliphatic rings. The van der Waals surface area contributed by atoms with Gasteiger partial charge >= 0.3 is 6.18 Å². The van der Waals surface area contributed by atoms with Gasteiger partial charge in [0.05, 0.1) is 6.10 Å². The summed E-state index contributed by atoms with van der Waals surface area (Å²) >= 11 is 0. The van der Waals surface area contributed by atoms with Crippen LogP contribution in [0.4, 0.5) is 13.2 Å². The highest BCUT2D eigenvalue weighted by Gasteiger charge is 2.38. The Morgan fingerprint density at radius 3 is 2.38 bits per heavy atom. The predicted molar refractivity (Wildman–Crippen MR) is 54.8 cm³/mol. The third-order valence-electron chi connectivity index (χ3n) is 2.45. The molecule has 2 atom stereocenters. The van der Waals surface area contributed by atoms with Gasteiger partial charge in [-0.3, -0.25) is 0 Å². The third-order valence-corrected chi connectivity index (χ3v) is 2.45. The highest BCUT2D eigenvalue weighted by Crippen LogP contribution is 2.27. The SMILES string of the molecule is Cc1ccccc1[C@H](O)C[C@H](N)C(F)(F)F. The maximum atomic E-state index is 12.2. The van der Waals surface area contributed by atoms with Crippen LogP contribution >= 0.6 is 0 Å². The molecule has 1 rings (SSSR count). The van der Waals surface area contributed by atoms with Crippen molar-refractivity contribution in [3.05, 3.63) is 35.4 Å². The predicted octanol–water partition coefficient (Wildman–Crippen LogP) is 2.31. The lowest BCUT2D eigenvalue weighted by Gasteiger charge is -2.20. The van der Waals surface area contributed by atoms with Crippen molar-refractivity contribution in [2.45, 2.75) is 31.7 Å². The van der Waals surface area contributed by atoms with E-state index in [4.69, 9.17) is 5.73 Å². The van der Waals surface area contributed by atoms with Crippen LogP contribution in [-0.4, -0.2) is 17.3 Å². The van der Waals surface area contributed by atoms with Gasteiger partial charge in [0.2, 0.25) is 0 Å². The van der Waals surface area contributed by atoms with Crippen molar-refractivity contribution in [1.82, 2.24) is 0 Å². The highest BCUT2D eigenvalue weighted by atomic mass is 19.4. The second kappa shape index (κ2) is 4.84. The van der Waals surface area contributed by atoms with Crippen molar-refractivity contribution in [1.29, 1.82) is 0 Å². The summed E-state index contributed by atoms with van der Waals surface area (Å²) in [5.74, 6) is 0. The lowest BCUT2D eigenvalue weighted by molar-refractivity contribution is -0.153. The molecular weight excluding hydrogens is 219 g/mol. The Kier molecular flexibility index (Phi) is 3.93. The number of aryl methyl sites for hydroxylation is 1. The molecule has 0 aromatic heterocycles. The van der Waals surface area contributed by atoms with Crippen molar-refractivity contribution in [3.63, 3.8) is 0 Å². The van der Waals surface area contributed by atoms with Gasteiger partial charge in [0.25, 0.3) is 0 Å². The van der Waals surface area contributed by atoms with E-state index in [2.05, 4.69) is 0 Å². The summed E-state index contributed by atoms with van der Waals surface area (Å²) in [7, 11) is 0. The van der Waals surface area contributed by atoms with Crippen LogP contribution in [0.1, 0.15) is 23.7 Å². The normalized spacial score (nSPS) is 15.9. The van der Waals surface area contributed by atoms with E-state index < -0.39 is 24.7 Å². The lowest BCUT2D eigenvalue weighted by atomic mass is 9.98. The molecule has 0 radical (unpaired) electrons. The minimum Gasteiger partial charge on any atom is -0.388 e. The van der Waals surface area contributed by atoms with Gasteiger partial charge < -0.3 is 10.8 Å². The maximum absolute atomic E-state index is 12.2. The lowest BCUT2D eigenvalue weighted by Crippen LogP contribution is -2.38. The van der Waals surface area contributed by atoms with E-state index in [1.807, 2.05) is 0 Å². The molecule has 1 aromatic rings. The topological polar surface area (TPSA) is 46.2 Å². The zero-order valence-corrected chi connectivity index (χ0v) is 8.83. The Balaban J connectivity index is 2.73. The molecule has 0 aliphatic heterocycles. The minimum absolute atomic E-state index is 0.488. The van der Waals surface area contributed by atoms with Crippen molar-refractivity contribution in [3.8, 4) is 0 Å². The molecule has 90 valence electrons. The van der Waals surface area contributed by atoms with Crippen molar-refractivity contribution in [2.75, 3.05) is 0 Å². The summed E-state index contributed by atoms with van der Waals surface area (Å²) < 4.78 is 36.6. The number of hydrogen-bond donors (Lipinski definition) is 2. The Bertz CT molecular complexity index is 351. The quantitative estimate of drug-likeness (QED) is 0.841. The van der Waals surface area contributed by atoms with Gasteiger partial charge in [-0.05, 0) is 18.1 Å². The third kappa shape index (κ3) is 3.21. The largest absolute Gasteiger partial charge is 0.403 e. The Labute approximate surface area is 91.9 Å². The smallest absolute Gasteiger partial charge is 0.388 e. The van der Waals surface area contributed by atoms with Crippen LogP contribution in [0, 0.1) is 6.92 Å². The molecule has 5 heteroatoms. The molecule has 3 N–H and O–H groups in total. The van der Waals surface area contributed by atoms with Crippen LogP contribution in [0.25, 0.3) is 0 Å². The summed E-state index contributed by atoms with van der Waals surface area (Å²) in [4.78, 5) is 0. The van der Waals surface area contributed by atoms with Crippen LogP contribution in [0.15, 0.2) is 24.3 Å². The van der Waals surface area contributed by atoms with Crippen molar-refractivity contribution < 1.29 is 18.3 Å². The van der Waals surface area contributed by atoms with Crippen molar-refractivity contribution in [2.24, 2.45) is 5.73 Å². The van der Waals surface area contributed by atoms with Crippen LogP contribution < -0.4 is 5.73 Å². The van der Waals surface area contributed by atoms with Gasteiger partial charge in [-0.2, -0.15) is 13.2 Å². The zero-order valence-electron chi connectivity index (χ0n) is 8.83. The molecule has 0 amide bonds. The average Bonchev–Trinajstić information content (AvgIpc) is 2.16. The standard InChI is InChI=1S/C11H14F3NO/c1-7-4-2-3-5-8(7)9(16)6-10(15)11(12,13)14/h2-5,9-10,16H,6,15H2,1H3/t9-,10+/m1/s1. The number of benzene rings is 1. The van der Waals surface area contributed by atoms with Crippen LogP contribution in [0.5, 0.6) is 0 Å². The minimum atomic E-state index is -4.47. The highest BCUT2D eigenvalue weighted by molar-refractivity contribution is 5.27. The number of nitrogens with two attached hydrogens (primary N) is 1. The van der Waals surface area contributed by atoms with Gasteiger partial charge in [0.1, 0.15) is 6.04 Å². The fraction of sp³-hybridized carbons (Fsp3) is 0.455. The molecule has 0 bridgehead atoms. The number of aliphatic hydroxyl groups excluding tert-OH is 1. The number of rotatable bonds is 3. The van der Waals surface area contributed by atoms with Gasteiger partial charge in [-0.25, -0.2) is 0 Å². The van der Waals surface area contributed by atoms with E-state index in [1.54, 1.807) is 31.2 Å². The van der Waals surface area contributed by atoms with Gasteiger partial charge in [0.15, 0.2) is 0 Å². The number of halogens is 3. The van der Waals surface area contributed by atoms with E-state index in [1.165, 1.54) is 0 Å². The summed E-state index contributed by atoms with van der Waals surface area (Å²) in [5.41, 5.74) is 6.20. The first-order chi connectivity index (χ1) is 7.32. The summed E-state index contributed by atoms with van der Waals surface area (Å²) in [6, 6.07) is 4.77. The second-order valence-electron chi connectivity index (χ2n) is 3.76. The summed E-state index contributed by atoms with van der Waals surface area (Å²) in [5, 5.41) is 9.66. The van der Waals surface area contributed by atoms with Crippen LogP contribution in [0.2, 0.25) is 0 Å². The van der Waals surface area contributed by atoms with Gasteiger partial charge in [0, 0.05) is 6.42 Å². The Hall–Kier alpha value is -1.07.